The maximum Gasteiger partial charge on any atom is 0.0823 e. The van der Waals surface area contributed by atoms with Gasteiger partial charge in [0.05, 0.1) is 15.7 Å². The van der Waals surface area contributed by atoms with E-state index in [1.165, 1.54) is 12.8 Å². The Bertz CT molecular complexity index is 316. The van der Waals surface area contributed by atoms with E-state index in [1.807, 2.05) is 12.1 Å². The third kappa shape index (κ3) is 4.60. The van der Waals surface area contributed by atoms with E-state index < -0.39 is 0 Å². The van der Waals surface area contributed by atoms with Gasteiger partial charge in [-0.1, -0.05) is 42.6 Å². The monoisotopic (exact) mass is 260 g/mol. The van der Waals surface area contributed by atoms with Crippen molar-refractivity contribution in [2.75, 3.05) is 25.0 Å². The number of hydrogen-bond acceptors (Lipinski definition) is 2. The Morgan fingerprint density at radius 3 is 2.69 bits per heavy atom. The fourth-order valence-electron chi connectivity index (χ4n) is 1.35. The van der Waals surface area contributed by atoms with Crippen LogP contribution in [0.3, 0.4) is 0 Å². The lowest BCUT2D eigenvalue weighted by molar-refractivity contribution is 0.652. The second-order valence-corrected chi connectivity index (χ2v) is 4.42. The standard InChI is InChI=1S/C12H18Cl2N2/c1-2-3-7-15-8-9-16-11-6-4-5-10(13)12(11)14/h4-6,15-16H,2-3,7-9H2,1H3. The summed E-state index contributed by atoms with van der Waals surface area (Å²) in [6.45, 7) is 5.04. The molecule has 0 spiro atoms. The molecule has 0 aliphatic carbocycles. The zero-order valence-electron chi connectivity index (χ0n) is 9.52. The van der Waals surface area contributed by atoms with E-state index in [4.69, 9.17) is 23.2 Å². The van der Waals surface area contributed by atoms with E-state index in [9.17, 15) is 0 Å². The van der Waals surface area contributed by atoms with Crippen LogP contribution in [-0.4, -0.2) is 19.6 Å². The smallest absolute Gasteiger partial charge is 0.0823 e. The van der Waals surface area contributed by atoms with Crippen LogP contribution < -0.4 is 10.6 Å². The maximum absolute atomic E-state index is 6.04. The van der Waals surface area contributed by atoms with Gasteiger partial charge in [0.1, 0.15) is 0 Å². The van der Waals surface area contributed by atoms with Crippen molar-refractivity contribution in [3.05, 3.63) is 28.2 Å². The largest absolute Gasteiger partial charge is 0.383 e. The topological polar surface area (TPSA) is 24.1 Å². The van der Waals surface area contributed by atoms with Crippen LogP contribution in [0.15, 0.2) is 18.2 Å². The molecule has 0 radical (unpaired) electrons. The average Bonchev–Trinajstić information content (AvgIpc) is 2.29. The Morgan fingerprint density at radius 2 is 1.94 bits per heavy atom. The van der Waals surface area contributed by atoms with Crippen LogP contribution in [0.1, 0.15) is 19.8 Å². The minimum atomic E-state index is 0.589. The summed E-state index contributed by atoms with van der Waals surface area (Å²) in [5.74, 6) is 0. The number of rotatable bonds is 7. The first-order valence-corrected chi connectivity index (χ1v) is 6.40. The molecule has 0 atom stereocenters. The van der Waals surface area contributed by atoms with Gasteiger partial charge in [-0.15, -0.1) is 0 Å². The molecule has 0 saturated carbocycles. The van der Waals surface area contributed by atoms with E-state index >= 15 is 0 Å². The van der Waals surface area contributed by atoms with E-state index in [1.54, 1.807) is 6.07 Å². The van der Waals surface area contributed by atoms with Crippen LogP contribution in [0.5, 0.6) is 0 Å². The average molecular weight is 261 g/mol. The summed E-state index contributed by atoms with van der Waals surface area (Å²) in [5.41, 5.74) is 0.895. The number of benzene rings is 1. The zero-order valence-corrected chi connectivity index (χ0v) is 11.0. The molecule has 0 saturated heterocycles. The minimum absolute atomic E-state index is 0.589. The molecule has 0 heterocycles. The molecule has 0 aliphatic rings. The van der Waals surface area contributed by atoms with E-state index in [0.29, 0.717) is 10.0 Å². The highest BCUT2D eigenvalue weighted by Crippen LogP contribution is 2.29. The quantitative estimate of drug-likeness (QED) is 0.729. The van der Waals surface area contributed by atoms with Crippen LogP contribution in [0.2, 0.25) is 10.0 Å². The third-order valence-corrected chi connectivity index (χ3v) is 3.09. The Hall–Kier alpha value is -0.440. The molecule has 1 aromatic rings. The van der Waals surface area contributed by atoms with Crippen LogP contribution >= 0.6 is 23.2 Å². The molecule has 4 heteroatoms. The van der Waals surface area contributed by atoms with Gasteiger partial charge >= 0.3 is 0 Å². The summed E-state index contributed by atoms with van der Waals surface area (Å²) >= 11 is 11.9. The van der Waals surface area contributed by atoms with Gasteiger partial charge in [-0.3, -0.25) is 0 Å². The van der Waals surface area contributed by atoms with Gasteiger partial charge in [0.2, 0.25) is 0 Å². The van der Waals surface area contributed by atoms with Crippen molar-refractivity contribution in [2.45, 2.75) is 19.8 Å². The molecule has 2 nitrogen and oxygen atoms in total. The molecule has 2 N–H and O–H groups in total. The minimum Gasteiger partial charge on any atom is -0.383 e. The molecule has 0 aliphatic heterocycles. The van der Waals surface area contributed by atoms with Crippen molar-refractivity contribution in [3.63, 3.8) is 0 Å². The summed E-state index contributed by atoms with van der Waals surface area (Å²) in [5, 5.41) is 7.79. The lowest BCUT2D eigenvalue weighted by Gasteiger charge is -2.09. The van der Waals surface area contributed by atoms with Crippen molar-refractivity contribution < 1.29 is 0 Å². The van der Waals surface area contributed by atoms with E-state index in [-0.39, 0.29) is 0 Å². The summed E-state index contributed by atoms with van der Waals surface area (Å²) < 4.78 is 0. The molecule has 0 amide bonds. The predicted octanol–water partition coefficient (Wildman–Crippen LogP) is 3.80. The lowest BCUT2D eigenvalue weighted by Crippen LogP contribution is -2.23. The van der Waals surface area contributed by atoms with Crippen molar-refractivity contribution in [1.29, 1.82) is 0 Å². The predicted molar refractivity (Wildman–Crippen MR) is 72.7 cm³/mol. The van der Waals surface area contributed by atoms with Gasteiger partial charge < -0.3 is 10.6 Å². The normalized spacial score (nSPS) is 10.4. The molecule has 90 valence electrons. The first kappa shape index (κ1) is 13.6. The second kappa shape index (κ2) is 7.77. The number of hydrogen-bond donors (Lipinski definition) is 2. The number of halogens is 2. The molecule has 16 heavy (non-hydrogen) atoms. The molecular formula is C12H18Cl2N2. The molecule has 0 unspecified atom stereocenters. The van der Waals surface area contributed by atoms with Gasteiger partial charge in [-0.05, 0) is 25.1 Å². The molecule has 0 aromatic heterocycles. The maximum atomic E-state index is 6.04. The van der Waals surface area contributed by atoms with Crippen molar-refractivity contribution in [2.24, 2.45) is 0 Å². The Balaban J connectivity index is 2.24. The molecule has 1 aromatic carbocycles. The van der Waals surface area contributed by atoms with Gasteiger partial charge in [0, 0.05) is 13.1 Å². The molecule has 0 bridgehead atoms. The Labute approximate surface area is 107 Å². The van der Waals surface area contributed by atoms with Gasteiger partial charge in [-0.25, -0.2) is 0 Å². The fourth-order valence-corrected chi connectivity index (χ4v) is 1.72. The summed E-state index contributed by atoms with van der Waals surface area (Å²) in [6, 6.07) is 5.61. The van der Waals surface area contributed by atoms with Crippen LogP contribution in [0.25, 0.3) is 0 Å². The van der Waals surface area contributed by atoms with Crippen molar-refractivity contribution in [1.82, 2.24) is 5.32 Å². The van der Waals surface area contributed by atoms with Crippen LogP contribution in [0, 0.1) is 0 Å². The number of nitrogens with one attached hydrogen (secondary N) is 2. The van der Waals surface area contributed by atoms with E-state index in [0.717, 1.165) is 25.3 Å². The highest BCUT2D eigenvalue weighted by atomic mass is 35.5. The molecule has 0 fully saturated rings. The molecule has 1 rings (SSSR count). The number of anilines is 1. The van der Waals surface area contributed by atoms with E-state index in [2.05, 4.69) is 17.6 Å². The zero-order chi connectivity index (χ0) is 11.8. The van der Waals surface area contributed by atoms with Crippen LogP contribution in [-0.2, 0) is 0 Å². The van der Waals surface area contributed by atoms with Crippen molar-refractivity contribution >= 4 is 28.9 Å². The van der Waals surface area contributed by atoms with Crippen LogP contribution in [0.4, 0.5) is 5.69 Å². The second-order valence-electron chi connectivity index (χ2n) is 3.63. The third-order valence-electron chi connectivity index (χ3n) is 2.28. The van der Waals surface area contributed by atoms with Gasteiger partial charge in [0.15, 0.2) is 0 Å². The summed E-state index contributed by atoms with van der Waals surface area (Å²) in [6.07, 6.45) is 2.44. The first-order chi connectivity index (χ1) is 7.75. The lowest BCUT2D eigenvalue weighted by atomic mass is 10.3. The highest BCUT2D eigenvalue weighted by molar-refractivity contribution is 6.43. The number of unbranched alkanes of at least 4 members (excludes halogenated alkanes) is 1. The van der Waals surface area contributed by atoms with Gasteiger partial charge in [0.25, 0.3) is 0 Å². The first-order valence-electron chi connectivity index (χ1n) is 5.64. The Kier molecular flexibility index (Phi) is 6.62. The SMILES string of the molecule is CCCCNCCNc1cccc(Cl)c1Cl. The van der Waals surface area contributed by atoms with Gasteiger partial charge in [-0.2, -0.15) is 0 Å². The fraction of sp³-hybridized carbons (Fsp3) is 0.500. The van der Waals surface area contributed by atoms with Crippen molar-refractivity contribution in [3.8, 4) is 0 Å². The molecular weight excluding hydrogens is 243 g/mol. The summed E-state index contributed by atoms with van der Waals surface area (Å²) in [7, 11) is 0. The Morgan fingerprint density at radius 1 is 1.12 bits per heavy atom. The summed E-state index contributed by atoms with van der Waals surface area (Å²) in [4.78, 5) is 0. The highest BCUT2D eigenvalue weighted by Gasteiger charge is 2.02.